The van der Waals surface area contributed by atoms with Gasteiger partial charge in [0.25, 0.3) is 0 Å². The van der Waals surface area contributed by atoms with Gasteiger partial charge in [0, 0.05) is 58.9 Å². The number of carbonyl (C=O) groups excluding carboxylic acids is 3. The molecule has 12 nitrogen and oxygen atoms in total. The van der Waals surface area contributed by atoms with Gasteiger partial charge in [-0.25, -0.2) is 9.59 Å². The van der Waals surface area contributed by atoms with Gasteiger partial charge in [-0.3, -0.25) is 14.4 Å². The van der Waals surface area contributed by atoms with Crippen LogP contribution in [0, 0.1) is 0 Å². The standard InChI is InChI=1S/C47H58Cl2N8O4/c1-47(2,3)61-46(60)50-24-11-10-21-41(44(58)51-29-34-17-8-5-9-18-34)53-36(27-33-15-6-4-7-16-33)30-52-45(59)54-35-22-23-37-42(32-56-25-12-13-26-56)55-57(43(37)28-35)31-38-39(48)19-14-20-40(38)49/h4-9,14-20,22-23,28,36,41,53H,10-13,21,24-27,29-32H2,1-3H3,(H,50,60)(H,51,58)(H2,52,54,59)/t36-,41+/m1/s1. The van der Waals surface area contributed by atoms with Crippen LogP contribution in [-0.4, -0.2) is 76.6 Å². The number of fused-ring (bicyclic) bond motifs is 1. The Morgan fingerprint density at radius 2 is 1.49 bits per heavy atom. The highest BCUT2D eigenvalue weighted by Crippen LogP contribution is 2.29. The Balaban J connectivity index is 1.15. The summed E-state index contributed by atoms with van der Waals surface area (Å²) in [5, 5.41) is 22.7. The number of urea groups is 1. The van der Waals surface area contributed by atoms with Crippen LogP contribution in [0.4, 0.5) is 15.3 Å². The number of amides is 4. The van der Waals surface area contributed by atoms with Crippen LogP contribution in [0.1, 0.15) is 75.3 Å². The molecular formula is C47H58Cl2N8O4. The summed E-state index contributed by atoms with van der Waals surface area (Å²) in [6.07, 6.45) is 4.29. The third-order valence-corrected chi connectivity index (χ3v) is 11.2. The van der Waals surface area contributed by atoms with Crippen molar-refractivity contribution in [3.63, 3.8) is 0 Å². The van der Waals surface area contributed by atoms with Crippen LogP contribution in [0.15, 0.2) is 97.1 Å². The van der Waals surface area contributed by atoms with Crippen LogP contribution in [0.3, 0.4) is 0 Å². The molecule has 14 heteroatoms. The van der Waals surface area contributed by atoms with E-state index < -0.39 is 17.7 Å². The molecule has 4 amide bonds. The highest BCUT2D eigenvalue weighted by molar-refractivity contribution is 6.36. The molecule has 0 unspecified atom stereocenters. The number of hydrogen-bond donors (Lipinski definition) is 5. The Labute approximate surface area is 369 Å². The number of rotatable bonds is 19. The van der Waals surface area contributed by atoms with E-state index in [4.69, 9.17) is 33.0 Å². The van der Waals surface area contributed by atoms with Gasteiger partial charge in [0.1, 0.15) is 5.60 Å². The van der Waals surface area contributed by atoms with Gasteiger partial charge in [-0.2, -0.15) is 5.10 Å². The predicted molar refractivity (Wildman–Crippen MR) is 244 cm³/mol. The number of hydrogen-bond acceptors (Lipinski definition) is 7. The van der Waals surface area contributed by atoms with E-state index in [1.165, 1.54) is 12.8 Å². The molecule has 0 radical (unpaired) electrons. The summed E-state index contributed by atoms with van der Waals surface area (Å²) in [6.45, 7) is 9.70. The summed E-state index contributed by atoms with van der Waals surface area (Å²) in [6, 6.07) is 29.8. The molecule has 5 N–H and O–H groups in total. The van der Waals surface area contributed by atoms with Crippen molar-refractivity contribution < 1.29 is 19.1 Å². The van der Waals surface area contributed by atoms with E-state index >= 15 is 0 Å². The van der Waals surface area contributed by atoms with E-state index in [1.807, 2.05) is 123 Å². The van der Waals surface area contributed by atoms with E-state index in [1.54, 1.807) is 0 Å². The van der Waals surface area contributed by atoms with Crippen LogP contribution < -0.4 is 26.6 Å². The average molecular weight is 870 g/mol. The third-order valence-electron chi connectivity index (χ3n) is 10.5. The number of alkyl carbamates (subject to hydrolysis) is 1. The first kappa shape index (κ1) is 45.4. The highest BCUT2D eigenvalue weighted by Gasteiger charge is 2.24. The van der Waals surface area contributed by atoms with Gasteiger partial charge >= 0.3 is 12.1 Å². The zero-order chi connectivity index (χ0) is 43.2. The number of nitrogens with zero attached hydrogens (tertiary/aromatic N) is 3. The second kappa shape index (κ2) is 22.1. The first-order valence-electron chi connectivity index (χ1n) is 21.2. The van der Waals surface area contributed by atoms with Crippen molar-refractivity contribution >= 4 is 57.8 Å². The molecule has 5 aromatic rings. The van der Waals surface area contributed by atoms with E-state index in [-0.39, 0.29) is 24.5 Å². The first-order chi connectivity index (χ1) is 29.4. The molecule has 1 fully saturated rings. The van der Waals surface area contributed by atoms with Crippen LogP contribution in [0.25, 0.3) is 10.9 Å². The molecule has 0 aliphatic carbocycles. The van der Waals surface area contributed by atoms with Crippen molar-refractivity contribution in [1.82, 2.24) is 35.9 Å². The summed E-state index contributed by atoms with van der Waals surface area (Å²) < 4.78 is 7.28. The van der Waals surface area contributed by atoms with Crippen LogP contribution in [0.5, 0.6) is 0 Å². The molecule has 0 spiro atoms. The van der Waals surface area contributed by atoms with E-state index in [2.05, 4.69) is 31.5 Å². The molecule has 61 heavy (non-hydrogen) atoms. The molecule has 1 aliphatic rings. The molecule has 2 heterocycles. The Morgan fingerprint density at radius 3 is 2.18 bits per heavy atom. The van der Waals surface area contributed by atoms with Gasteiger partial charge in [0.05, 0.1) is 23.8 Å². The topological polar surface area (TPSA) is 142 Å². The Morgan fingerprint density at radius 1 is 0.803 bits per heavy atom. The lowest BCUT2D eigenvalue weighted by atomic mass is 10.0. The molecule has 0 saturated carbocycles. The maximum atomic E-state index is 13.8. The predicted octanol–water partition coefficient (Wildman–Crippen LogP) is 8.69. The molecular weight excluding hydrogens is 811 g/mol. The fourth-order valence-electron chi connectivity index (χ4n) is 7.48. The molecule has 4 aromatic carbocycles. The number of aromatic nitrogens is 2. The normalized spacial score (nSPS) is 14.0. The molecule has 0 bridgehead atoms. The summed E-state index contributed by atoms with van der Waals surface area (Å²) >= 11 is 13.2. The Bertz CT molecular complexity index is 2190. The van der Waals surface area contributed by atoms with Crippen molar-refractivity contribution in [2.24, 2.45) is 0 Å². The summed E-state index contributed by atoms with van der Waals surface area (Å²) in [4.78, 5) is 42.1. The molecule has 324 valence electrons. The van der Waals surface area contributed by atoms with E-state index in [0.29, 0.717) is 61.1 Å². The number of carbonyl (C=O) groups is 3. The van der Waals surface area contributed by atoms with Gasteiger partial charge < -0.3 is 31.3 Å². The fraction of sp³-hybridized carbons (Fsp3) is 0.404. The smallest absolute Gasteiger partial charge is 0.407 e. The van der Waals surface area contributed by atoms with Crippen LogP contribution >= 0.6 is 23.2 Å². The van der Waals surface area contributed by atoms with Crippen molar-refractivity contribution in [2.75, 3.05) is 31.5 Å². The number of unbranched alkanes of at least 4 members (excludes halogenated alkanes) is 1. The van der Waals surface area contributed by atoms with Crippen molar-refractivity contribution in [3.05, 3.63) is 129 Å². The second-order valence-corrected chi connectivity index (χ2v) is 17.4. The maximum Gasteiger partial charge on any atom is 0.407 e. The minimum Gasteiger partial charge on any atom is -0.444 e. The molecule has 1 saturated heterocycles. The number of likely N-dealkylation sites (tertiary alicyclic amines) is 1. The number of halogens is 2. The number of ether oxygens (including phenoxy) is 1. The van der Waals surface area contributed by atoms with Crippen molar-refractivity contribution in [2.45, 2.75) is 96.6 Å². The third kappa shape index (κ3) is 14.2. The Hall–Kier alpha value is -5.14. The van der Waals surface area contributed by atoms with Crippen LogP contribution in [-0.2, 0) is 35.6 Å². The SMILES string of the molecule is CC(C)(C)OC(=O)NCCCC[C@H](N[C@@H](CNC(=O)Nc1ccc2c(CN3CCCC3)nn(Cc3c(Cl)cccc3Cl)c2c1)Cc1ccccc1)C(=O)NCc1ccccc1. The van der Waals surface area contributed by atoms with Gasteiger partial charge in [-0.05, 0) is 114 Å². The zero-order valence-electron chi connectivity index (χ0n) is 35.3. The largest absolute Gasteiger partial charge is 0.444 e. The van der Waals surface area contributed by atoms with E-state index in [0.717, 1.165) is 52.9 Å². The summed E-state index contributed by atoms with van der Waals surface area (Å²) in [5.74, 6) is -0.140. The lowest BCUT2D eigenvalue weighted by molar-refractivity contribution is -0.123. The number of benzene rings is 4. The average Bonchev–Trinajstić information content (AvgIpc) is 3.87. The lowest BCUT2D eigenvalue weighted by Crippen LogP contribution is -2.52. The lowest BCUT2D eigenvalue weighted by Gasteiger charge is -2.26. The quantitative estimate of drug-likeness (QED) is 0.0523. The first-order valence-corrected chi connectivity index (χ1v) is 21.9. The number of nitrogens with one attached hydrogen (secondary N) is 5. The minimum absolute atomic E-state index is 0.140. The zero-order valence-corrected chi connectivity index (χ0v) is 36.8. The molecule has 6 rings (SSSR count). The minimum atomic E-state index is -0.587. The number of anilines is 1. The molecule has 1 aliphatic heterocycles. The fourth-order valence-corrected chi connectivity index (χ4v) is 8.00. The van der Waals surface area contributed by atoms with Gasteiger partial charge in [0.2, 0.25) is 5.91 Å². The highest BCUT2D eigenvalue weighted by atomic mass is 35.5. The summed E-state index contributed by atoms with van der Waals surface area (Å²) in [5.41, 5.74) is 4.68. The van der Waals surface area contributed by atoms with E-state index in [9.17, 15) is 14.4 Å². The second-order valence-electron chi connectivity index (χ2n) is 16.6. The molecule has 1 aromatic heterocycles. The maximum absolute atomic E-state index is 13.8. The monoisotopic (exact) mass is 868 g/mol. The summed E-state index contributed by atoms with van der Waals surface area (Å²) in [7, 11) is 0. The van der Waals surface area contributed by atoms with Gasteiger partial charge in [-0.15, -0.1) is 0 Å². The molecule has 2 atom stereocenters. The Kier molecular flexibility index (Phi) is 16.4. The van der Waals surface area contributed by atoms with Crippen LogP contribution in [0.2, 0.25) is 10.0 Å². The van der Waals surface area contributed by atoms with Gasteiger partial charge in [-0.1, -0.05) is 89.9 Å². The van der Waals surface area contributed by atoms with Crippen molar-refractivity contribution in [1.29, 1.82) is 0 Å². The van der Waals surface area contributed by atoms with Gasteiger partial charge in [0.15, 0.2) is 0 Å². The van der Waals surface area contributed by atoms with Crippen molar-refractivity contribution in [3.8, 4) is 0 Å².